The quantitative estimate of drug-likeness (QED) is 0.281. The van der Waals surface area contributed by atoms with Crippen molar-refractivity contribution >= 4 is 20.2 Å². The Morgan fingerprint density at radius 1 is 0.692 bits per heavy atom. The summed E-state index contributed by atoms with van der Waals surface area (Å²) in [6, 6.07) is 0. The fourth-order valence-electron chi connectivity index (χ4n) is 0.561. The van der Waals surface area contributed by atoms with Gasteiger partial charge >= 0.3 is 12.4 Å². The topological polar surface area (TPSA) is 149 Å². The van der Waals surface area contributed by atoms with Crippen LogP contribution in [0.4, 0.5) is 26.3 Å². The van der Waals surface area contributed by atoms with Crippen molar-refractivity contribution in [2.45, 2.75) is 49.5 Å². The van der Waals surface area contributed by atoms with Crippen molar-refractivity contribution in [2.75, 3.05) is 13.2 Å². The molecule has 0 rings (SSSR count). The van der Waals surface area contributed by atoms with Crippen molar-refractivity contribution < 1.29 is 62.5 Å². The summed E-state index contributed by atoms with van der Waals surface area (Å²) in [6.45, 7) is 1.13. The van der Waals surface area contributed by atoms with Gasteiger partial charge in [0.15, 0.2) is 10.5 Å². The Hall–Kier alpha value is -0.680. The predicted molar refractivity (Wildman–Crippen MR) is 77.5 cm³/mol. The molecular weight excluding hydrogens is 426 g/mol. The van der Waals surface area contributed by atoms with Gasteiger partial charge in [0.1, 0.15) is 0 Å². The number of hydrogen-bond acceptors (Lipinski definition) is 6. The summed E-state index contributed by atoms with van der Waals surface area (Å²) in [7, 11) is -9.97. The maximum atomic E-state index is 11.4. The average molecular weight is 446 g/mol. The Labute approximate surface area is 146 Å². The summed E-state index contributed by atoms with van der Waals surface area (Å²) < 4.78 is 123. The fraction of sp³-hybridized carbons (Fsp3) is 1.00. The molecule has 0 spiro atoms. The fourth-order valence-corrected chi connectivity index (χ4v) is 1.24. The Kier molecular flexibility index (Phi) is 13.8. The maximum Gasteiger partial charge on any atom is 0.407 e. The number of halogens is 6. The molecule has 0 saturated carbocycles. The number of rotatable bonds is 5. The van der Waals surface area contributed by atoms with E-state index >= 15 is 0 Å². The molecule has 162 valence electrons. The molecule has 0 aromatic heterocycles. The van der Waals surface area contributed by atoms with Crippen molar-refractivity contribution in [3.05, 3.63) is 0 Å². The second-order valence-electron chi connectivity index (χ2n) is 4.55. The molecule has 0 aliphatic heterocycles. The van der Waals surface area contributed by atoms with E-state index < -0.39 is 43.1 Å². The lowest BCUT2D eigenvalue weighted by Crippen LogP contribution is -2.33. The molecule has 2 unspecified atom stereocenters. The van der Waals surface area contributed by atoms with Crippen molar-refractivity contribution in [3.8, 4) is 0 Å². The number of alkyl halides is 6. The van der Waals surface area contributed by atoms with Gasteiger partial charge in [-0.2, -0.15) is 43.2 Å². The van der Waals surface area contributed by atoms with Crippen molar-refractivity contribution in [1.29, 1.82) is 0 Å². The SMILES string of the molecule is CC(C(F)(F)F)S(=O)(=O)O.CC(C(F)(F)F)S(=O)(=O)O.OCCCCO. The monoisotopic (exact) mass is 446 g/mol. The van der Waals surface area contributed by atoms with Crippen LogP contribution in [0, 0.1) is 0 Å². The summed E-state index contributed by atoms with van der Waals surface area (Å²) in [5.41, 5.74) is 0. The lowest BCUT2D eigenvalue weighted by molar-refractivity contribution is -0.129. The lowest BCUT2D eigenvalue weighted by Gasteiger charge is -2.10. The molecule has 0 aliphatic rings. The highest BCUT2D eigenvalue weighted by molar-refractivity contribution is 7.86. The molecule has 0 saturated heterocycles. The van der Waals surface area contributed by atoms with Gasteiger partial charge in [0.05, 0.1) is 0 Å². The van der Waals surface area contributed by atoms with E-state index in [0.717, 1.165) is 12.8 Å². The third-order valence-electron chi connectivity index (χ3n) is 2.38. The van der Waals surface area contributed by atoms with Crippen LogP contribution in [0.2, 0.25) is 0 Å². The first kappa shape index (κ1) is 30.1. The minimum atomic E-state index is -4.99. The number of unbranched alkanes of at least 4 members (excludes halogenated alkanes) is 1. The first-order chi connectivity index (χ1) is 11.2. The molecule has 2 atom stereocenters. The van der Waals surface area contributed by atoms with Crippen molar-refractivity contribution in [1.82, 2.24) is 0 Å². The second kappa shape index (κ2) is 11.9. The van der Waals surface area contributed by atoms with Gasteiger partial charge in [-0.15, -0.1) is 0 Å². The average Bonchev–Trinajstić information content (AvgIpc) is 2.41. The minimum Gasteiger partial charge on any atom is -0.396 e. The van der Waals surface area contributed by atoms with Gasteiger partial charge in [0.25, 0.3) is 20.2 Å². The van der Waals surface area contributed by atoms with E-state index in [1.807, 2.05) is 0 Å². The molecule has 0 aromatic carbocycles. The molecule has 26 heavy (non-hydrogen) atoms. The standard InChI is InChI=1S/C4H10O2.2C3H5F3O3S/c5-3-1-2-4-6;2*1-2(3(4,5)6)10(7,8)9/h5-6H,1-4H2;2*2H,1H3,(H,7,8,9). The van der Waals surface area contributed by atoms with Crippen LogP contribution >= 0.6 is 0 Å². The van der Waals surface area contributed by atoms with E-state index in [1.165, 1.54) is 0 Å². The summed E-state index contributed by atoms with van der Waals surface area (Å²) in [5, 5.41) is 10.8. The smallest absolute Gasteiger partial charge is 0.396 e. The Morgan fingerprint density at radius 2 is 0.885 bits per heavy atom. The highest BCUT2D eigenvalue weighted by Gasteiger charge is 2.45. The van der Waals surface area contributed by atoms with E-state index in [-0.39, 0.29) is 13.2 Å². The van der Waals surface area contributed by atoms with E-state index in [1.54, 1.807) is 0 Å². The van der Waals surface area contributed by atoms with Crippen molar-refractivity contribution in [2.24, 2.45) is 0 Å². The van der Waals surface area contributed by atoms with Crippen LogP contribution in [0.15, 0.2) is 0 Å². The highest BCUT2D eigenvalue weighted by atomic mass is 32.2. The van der Waals surface area contributed by atoms with Crippen LogP contribution in [-0.2, 0) is 20.2 Å². The second-order valence-corrected chi connectivity index (χ2v) is 8.03. The van der Waals surface area contributed by atoms with Crippen molar-refractivity contribution in [3.63, 3.8) is 0 Å². The predicted octanol–water partition coefficient (Wildman–Crippen LogP) is 1.40. The summed E-state index contributed by atoms with van der Waals surface area (Å²) in [6.07, 6.45) is -8.35. The molecule has 0 heterocycles. The molecule has 0 bridgehead atoms. The van der Waals surface area contributed by atoms with Gasteiger partial charge in [0.2, 0.25) is 0 Å². The summed E-state index contributed by atoms with van der Waals surface area (Å²) in [5.74, 6) is 0. The van der Waals surface area contributed by atoms with Gasteiger partial charge < -0.3 is 10.2 Å². The van der Waals surface area contributed by atoms with Crippen LogP contribution < -0.4 is 0 Å². The van der Waals surface area contributed by atoms with Gasteiger partial charge in [-0.05, 0) is 26.7 Å². The summed E-state index contributed by atoms with van der Waals surface area (Å²) >= 11 is 0. The third kappa shape index (κ3) is 16.8. The normalized spacial score (nSPS) is 15.1. The van der Waals surface area contributed by atoms with Gasteiger partial charge in [0, 0.05) is 13.2 Å². The number of hydrogen-bond donors (Lipinski definition) is 4. The highest BCUT2D eigenvalue weighted by Crippen LogP contribution is 2.25. The molecule has 0 aromatic rings. The zero-order chi connectivity index (χ0) is 22.0. The summed E-state index contributed by atoms with van der Waals surface area (Å²) in [4.78, 5) is 0. The van der Waals surface area contributed by atoms with E-state index in [4.69, 9.17) is 19.3 Å². The van der Waals surface area contributed by atoms with Gasteiger partial charge in [-0.1, -0.05) is 0 Å². The van der Waals surface area contributed by atoms with Gasteiger partial charge in [-0.25, -0.2) is 0 Å². The van der Waals surface area contributed by atoms with Crippen LogP contribution in [0.3, 0.4) is 0 Å². The Bertz CT molecular complexity index is 517. The van der Waals surface area contributed by atoms with E-state index in [2.05, 4.69) is 0 Å². The molecule has 0 radical (unpaired) electrons. The molecular formula is C10H20F6O8S2. The zero-order valence-corrected chi connectivity index (χ0v) is 15.1. The van der Waals surface area contributed by atoms with Crippen LogP contribution in [0.5, 0.6) is 0 Å². The largest absolute Gasteiger partial charge is 0.407 e. The molecule has 0 amide bonds. The third-order valence-corrected chi connectivity index (χ3v) is 4.70. The van der Waals surface area contributed by atoms with Crippen LogP contribution in [-0.4, -0.2) is 72.2 Å². The van der Waals surface area contributed by atoms with E-state index in [0.29, 0.717) is 13.8 Å². The first-order valence-corrected chi connectivity index (χ1v) is 9.51. The molecule has 16 heteroatoms. The van der Waals surface area contributed by atoms with E-state index in [9.17, 15) is 43.2 Å². The number of aliphatic hydroxyl groups excluding tert-OH is 2. The number of aliphatic hydroxyl groups is 2. The van der Waals surface area contributed by atoms with Gasteiger partial charge in [-0.3, -0.25) is 9.11 Å². The molecule has 4 N–H and O–H groups in total. The zero-order valence-electron chi connectivity index (χ0n) is 13.5. The Morgan fingerprint density at radius 3 is 0.923 bits per heavy atom. The minimum absolute atomic E-state index is 0.195. The first-order valence-electron chi connectivity index (χ1n) is 6.50. The lowest BCUT2D eigenvalue weighted by atomic mass is 10.3. The maximum absolute atomic E-state index is 11.4. The molecule has 0 fully saturated rings. The van der Waals surface area contributed by atoms with Crippen LogP contribution in [0.25, 0.3) is 0 Å². The molecule has 0 aliphatic carbocycles. The Balaban J connectivity index is -0.000000316. The molecule has 8 nitrogen and oxygen atoms in total. The van der Waals surface area contributed by atoms with Crippen LogP contribution in [0.1, 0.15) is 26.7 Å².